The van der Waals surface area contributed by atoms with Crippen LogP contribution in [0.4, 0.5) is 15.2 Å². The quantitative estimate of drug-likeness (QED) is 0.683. The summed E-state index contributed by atoms with van der Waals surface area (Å²) < 4.78 is 14.3. The largest absolute Gasteiger partial charge is 0.298 e. The van der Waals surface area contributed by atoms with E-state index in [2.05, 4.69) is 26.2 Å². The number of thiazole rings is 1. The molecule has 19 heavy (non-hydrogen) atoms. The molecule has 6 nitrogen and oxygen atoms in total. The van der Waals surface area contributed by atoms with Gasteiger partial charge in [0.15, 0.2) is 5.13 Å². The number of nitrogens with one attached hydrogen (secondary N) is 1. The van der Waals surface area contributed by atoms with Gasteiger partial charge in [0, 0.05) is 6.07 Å². The number of benzene rings is 1. The molecule has 1 heterocycles. The number of hydrogen-bond acceptors (Lipinski definition) is 5. The lowest BCUT2D eigenvalue weighted by Gasteiger charge is -2.02. The third kappa shape index (κ3) is 3.12. The molecule has 1 amide bonds. The predicted molar refractivity (Wildman–Crippen MR) is 70.8 cm³/mol. The summed E-state index contributed by atoms with van der Waals surface area (Å²) in [5.74, 6) is -1.67. The first-order valence-electron chi connectivity index (χ1n) is 4.84. The van der Waals surface area contributed by atoms with Gasteiger partial charge in [-0.25, -0.2) is 9.37 Å². The molecule has 98 valence electrons. The van der Waals surface area contributed by atoms with Gasteiger partial charge in [-0.15, -0.1) is 0 Å². The van der Waals surface area contributed by atoms with Crippen LogP contribution in [-0.4, -0.2) is 15.8 Å². The molecular weight excluding hydrogens is 341 g/mol. The van der Waals surface area contributed by atoms with E-state index in [0.717, 1.165) is 12.1 Å². The molecule has 0 atom stereocenters. The van der Waals surface area contributed by atoms with Gasteiger partial charge in [0.05, 0.1) is 26.5 Å². The molecule has 0 bridgehead atoms. The molecule has 0 unspecified atom stereocenters. The molecule has 0 fully saturated rings. The minimum Gasteiger partial charge on any atom is -0.298 e. The van der Waals surface area contributed by atoms with Gasteiger partial charge in [-0.1, -0.05) is 11.3 Å². The molecule has 0 spiro atoms. The lowest BCUT2D eigenvalue weighted by molar-refractivity contribution is -0.385. The minimum atomic E-state index is -0.956. The lowest BCUT2D eigenvalue weighted by Crippen LogP contribution is -2.13. The minimum absolute atomic E-state index is 0.281. The summed E-state index contributed by atoms with van der Waals surface area (Å²) in [4.78, 5) is 25.3. The van der Waals surface area contributed by atoms with Crippen molar-refractivity contribution in [1.82, 2.24) is 4.98 Å². The summed E-state index contributed by atoms with van der Waals surface area (Å²) in [7, 11) is 0. The average Bonchev–Trinajstić information content (AvgIpc) is 2.74. The molecule has 1 N–H and O–H groups in total. The number of nitro benzene ring substituents is 1. The zero-order chi connectivity index (χ0) is 14.0. The van der Waals surface area contributed by atoms with Crippen molar-refractivity contribution in [3.8, 4) is 0 Å². The summed E-state index contributed by atoms with van der Waals surface area (Å²) in [6.45, 7) is 0. The van der Waals surface area contributed by atoms with Crippen LogP contribution < -0.4 is 5.32 Å². The average molecular weight is 346 g/mol. The first-order valence-corrected chi connectivity index (χ1v) is 6.45. The van der Waals surface area contributed by atoms with E-state index in [1.54, 1.807) is 0 Å². The molecule has 0 aliphatic rings. The highest BCUT2D eigenvalue weighted by molar-refractivity contribution is 9.11. The second kappa shape index (κ2) is 5.41. The predicted octanol–water partition coefficient (Wildman–Crippen LogP) is 3.21. The highest BCUT2D eigenvalue weighted by atomic mass is 79.9. The van der Waals surface area contributed by atoms with E-state index in [1.165, 1.54) is 17.5 Å². The van der Waals surface area contributed by atoms with Crippen LogP contribution in [0.5, 0.6) is 0 Å². The van der Waals surface area contributed by atoms with Crippen molar-refractivity contribution in [2.75, 3.05) is 5.32 Å². The van der Waals surface area contributed by atoms with Crippen molar-refractivity contribution in [3.63, 3.8) is 0 Å². The Morgan fingerprint density at radius 1 is 1.53 bits per heavy atom. The Hall–Kier alpha value is -1.87. The molecule has 0 aliphatic heterocycles. The zero-order valence-corrected chi connectivity index (χ0v) is 11.5. The summed E-state index contributed by atoms with van der Waals surface area (Å²) in [6, 6.07) is 2.83. The topological polar surface area (TPSA) is 85.1 Å². The van der Waals surface area contributed by atoms with Crippen LogP contribution in [0.25, 0.3) is 0 Å². The Labute approximate surface area is 118 Å². The van der Waals surface area contributed by atoms with Gasteiger partial charge < -0.3 is 0 Å². The van der Waals surface area contributed by atoms with Gasteiger partial charge in [0.25, 0.3) is 11.6 Å². The zero-order valence-electron chi connectivity index (χ0n) is 9.09. The third-order valence-corrected chi connectivity index (χ3v) is 3.50. The number of halogens is 2. The van der Waals surface area contributed by atoms with Gasteiger partial charge in [-0.2, -0.15) is 0 Å². The first-order chi connectivity index (χ1) is 8.97. The number of nitrogens with zero attached hydrogens (tertiary/aromatic N) is 2. The standard InChI is InChI=1S/C10H5BrFN3O3S/c11-8-4-13-10(19-8)14-9(16)6-2-1-5(15(17)18)3-7(6)12/h1-4H,(H,13,14,16). The highest BCUT2D eigenvalue weighted by Crippen LogP contribution is 2.24. The number of non-ortho nitro benzene ring substituents is 1. The maximum Gasteiger partial charge on any atom is 0.272 e. The van der Waals surface area contributed by atoms with Crippen LogP contribution >= 0.6 is 27.3 Å². The fourth-order valence-corrected chi connectivity index (χ4v) is 2.38. The number of amides is 1. The van der Waals surface area contributed by atoms with Gasteiger partial charge >= 0.3 is 0 Å². The van der Waals surface area contributed by atoms with Crippen molar-refractivity contribution in [3.05, 3.63) is 49.7 Å². The van der Waals surface area contributed by atoms with Crippen LogP contribution in [0.3, 0.4) is 0 Å². The molecule has 1 aromatic heterocycles. The summed E-state index contributed by atoms with van der Waals surface area (Å²) in [5, 5.41) is 13.2. The fraction of sp³-hybridized carbons (Fsp3) is 0. The Bertz CT molecular complexity index is 661. The fourth-order valence-electron chi connectivity index (χ4n) is 1.28. The number of anilines is 1. The van der Waals surface area contributed by atoms with Crippen molar-refractivity contribution in [2.45, 2.75) is 0 Å². The molecule has 0 saturated heterocycles. The highest BCUT2D eigenvalue weighted by Gasteiger charge is 2.17. The summed E-state index contributed by atoms with van der Waals surface area (Å²) in [6.07, 6.45) is 1.49. The summed E-state index contributed by atoms with van der Waals surface area (Å²) >= 11 is 4.34. The van der Waals surface area contributed by atoms with Crippen LogP contribution in [0.2, 0.25) is 0 Å². The van der Waals surface area contributed by atoms with Crippen molar-refractivity contribution in [2.24, 2.45) is 0 Å². The monoisotopic (exact) mass is 345 g/mol. The van der Waals surface area contributed by atoms with E-state index in [0.29, 0.717) is 15.0 Å². The van der Waals surface area contributed by atoms with Gasteiger partial charge in [-0.3, -0.25) is 20.2 Å². The van der Waals surface area contributed by atoms with Crippen LogP contribution in [0.15, 0.2) is 28.2 Å². The van der Waals surface area contributed by atoms with E-state index >= 15 is 0 Å². The molecule has 1 aromatic carbocycles. The number of rotatable bonds is 3. The van der Waals surface area contributed by atoms with E-state index in [4.69, 9.17) is 0 Å². The van der Waals surface area contributed by atoms with E-state index in [9.17, 15) is 19.3 Å². The molecule has 0 saturated carbocycles. The maximum absolute atomic E-state index is 13.6. The Morgan fingerprint density at radius 2 is 2.26 bits per heavy atom. The van der Waals surface area contributed by atoms with Gasteiger partial charge in [0.1, 0.15) is 5.82 Å². The number of aromatic nitrogens is 1. The Morgan fingerprint density at radius 3 is 2.79 bits per heavy atom. The smallest absolute Gasteiger partial charge is 0.272 e. The van der Waals surface area contributed by atoms with Crippen LogP contribution in [0.1, 0.15) is 10.4 Å². The Balaban J connectivity index is 2.22. The summed E-state index contributed by atoms with van der Waals surface area (Å²) in [5.41, 5.74) is -0.692. The normalized spacial score (nSPS) is 10.2. The Kier molecular flexibility index (Phi) is 3.86. The molecule has 0 aliphatic carbocycles. The molecular formula is C10H5BrFN3O3S. The SMILES string of the molecule is O=C(Nc1ncc(Br)s1)c1ccc([N+](=O)[O-])cc1F. The first kappa shape index (κ1) is 13.6. The van der Waals surface area contributed by atoms with Crippen LogP contribution in [0, 0.1) is 15.9 Å². The molecule has 0 radical (unpaired) electrons. The number of carbonyl (C=O) groups is 1. The van der Waals surface area contributed by atoms with Crippen molar-refractivity contribution >= 4 is 44.0 Å². The van der Waals surface area contributed by atoms with Crippen molar-refractivity contribution in [1.29, 1.82) is 0 Å². The number of nitro groups is 1. The molecule has 2 rings (SSSR count). The lowest BCUT2D eigenvalue weighted by atomic mass is 10.2. The number of carbonyl (C=O) groups excluding carboxylic acids is 1. The second-order valence-electron chi connectivity index (χ2n) is 3.34. The maximum atomic E-state index is 13.6. The van der Waals surface area contributed by atoms with Gasteiger partial charge in [-0.05, 0) is 22.0 Å². The van der Waals surface area contributed by atoms with Crippen molar-refractivity contribution < 1.29 is 14.1 Å². The number of hydrogen-bond donors (Lipinski definition) is 1. The van der Waals surface area contributed by atoms with Crippen LogP contribution in [-0.2, 0) is 0 Å². The van der Waals surface area contributed by atoms with E-state index in [1.807, 2.05) is 0 Å². The molecule has 9 heteroatoms. The second-order valence-corrected chi connectivity index (χ2v) is 5.75. The van der Waals surface area contributed by atoms with Gasteiger partial charge in [0.2, 0.25) is 0 Å². The molecule has 2 aromatic rings. The van der Waals surface area contributed by atoms with E-state index in [-0.39, 0.29) is 5.56 Å². The third-order valence-electron chi connectivity index (χ3n) is 2.11. The van der Waals surface area contributed by atoms with E-state index < -0.39 is 22.3 Å².